The Balaban J connectivity index is 1.81. The second-order valence-electron chi connectivity index (χ2n) is 6.98. The van der Waals surface area contributed by atoms with Gasteiger partial charge in [-0.05, 0) is 36.8 Å². The smallest absolute Gasteiger partial charge is 0.272 e. The summed E-state index contributed by atoms with van der Waals surface area (Å²) in [4.78, 5) is 12.3. The van der Waals surface area contributed by atoms with Gasteiger partial charge in [-0.1, -0.05) is 18.2 Å². The van der Waals surface area contributed by atoms with Crippen molar-refractivity contribution in [3.8, 4) is 0 Å². The highest BCUT2D eigenvalue weighted by molar-refractivity contribution is 5.97. The molecule has 0 radical (unpaired) electrons. The molecule has 2 unspecified atom stereocenters. The van der Waals surface area contributed by atoms with E-state index < -0.39 is 0 Å². The molecule has 28 heavy (non-hydrogen) atoms. The first kappa shape index (κ1) is 16.6. The highest BCUT2D eigenvalue weighted by Gasteiger charge is 2.37. The minimum atomic E-state index is -0.314. The molecule has 1 aliphatic rings. The fraction of sp³-hybridized carbons (Fsp3) is 0.200. The van der Waals surface area contributed by atoms with Crippen molar-refractivity contribution in [2.75, 3.05) is 5.32 Å². The molecule has 5 rings (SSSR count). The third kappa shape index (κ3) is 2.34. The number of anilines is 1. The monoisotopic (exact) mass is 376 g/mol. The van der Waals surface area contributed by atoms with E-state index in [0.717, 1.165) is 28.3 Å². The molecule has 2 atom stereocenters. The highest BCUT2D eigenvalue weighted by atomic mass is 19.1. The van der Waals surface area contributed by atoms with E-state index >= 15 is 0 Å². The Morgan fingerprint density at radius 3 is 2.61 bits per heavy atom. The quantitative estimate of drug-likeness (QED) is 0.562. The van der Waals surface area contributed by atoms with Gasteiger partial charge in [0.25, 0.3) is 5.56 Å². The second-order valence-corrected chi connectivity index (χ2v) is 6.98. The molecule has 2 aromatic carbocycles. The van der Waals surface area contributed by atoms with E-state index in [0.29, 0.717) is 11.1 Å². The number of hydrogen-bond donors (Lipinski definition) is 2. The summed E-state index contributed by atoms with van der Waals surface area (Å²) in [7, 11) is 1.90. The van der Waals surface area contributed by atoms with Crippen LogP contribution in [0.25, 0.3) is 10.8 Å². The van der Waals surface area contributed by atoms with Crippen molar-refractivity contribution in [2.45, 2.75) is 18.9 Å². The standard InChI is InChI=1S/C20H17FN6O/c1-10-23-25-19(27(10)2)16-17(11-6-8-12(21)9-7-11)22-14-5-3-4-13-15(14)18(16)24-26-20(13)28/h3-9,16-17,22H,1-2H3,(H,26,28). The fourth-order valence-electron chi connectivity index (χ4n) is 3.91. The number of halogens is 1. The zero-order chi connectivity index (χ0) is 19.4. The van der Waals surface area contributed by atoms with E-state index in [2.05, 4.69) is 25.7 Å². The van der Waals surface area contributed by atoms with Crippen LogP contribution in [0.3, 0.4) is 0 Å². The number of rotatable bonds is 2. The lowest BCUT2D eigenvalue weighted by Gasteiger charge is -2.33. The number of nitrogens with one attached hydrogen (secondary N) is 2. The average Bonchev–Trinajstić information content (AvgIpc) is 3.03. The van der Waals surface area contributed by atoms with Gasteiger partial charge in [-0.15, -0.1) is 10.2 Å². The first-order chi connectivity index (χ1) is 13.5. The summed E-state index contributed by atoms with van der Waals surface area (Å²) >= 11 is 0. The van der Waals surface area contributed by atoms with Crippen molar-refractivity contribution in [3.63, 3.8) is 0 Å². The van der Waals surface area contributed by atoms with Crippen molar-refractivity contribution >= 4 is 16.5 Å². The van der Waals surface area contributed by atoms with Crippen LogP contribution < -0.4 is 10.9 Å². The third-order valence-electron chi connectivity index (χ3n) is 5.42. The molecule has 7 nitrogen and oxygen atoms in total. The van der Waals surface area contributed by atoms with Crippen LogP contribution >= 0.6 is 0 Å². The molecule has 3 heterocycles. The van der Waals surface area contributed by atoms with Crippen molar-refractivity contribution < 1.29 is 4.39 Å². The summed E-state index contributed by atoms with van der Waals surface area (Å²) < 4.78 is 15.4. The van der Waals surface area contributed by atoms with Gasteiger partial charge < -0.3 is 9.88 Å². The normalized spacial score (nSPS) is 18.2. The maximum absolute atomic E-state index is 13.5. The lowest BCUT2D eigenvalue weighted by Crippen LogP contribution is -2.29. The molecule has 1 aliphatic heterocycles. The third-order valence-corrected chi connectivity index (χ3v) is 5.42. The summed E-state index contributed by atoms with van der Waals surface area (Å²) in [6.45, 7) is 1.88. The number of benzene rings is 2. The Morgan fingerprint density at radius 1 is 1.11 bits per heavy atom. The van der Waals surface area contributed by atoms with Gasteiger partial charge in [0.2, 0.25) is 0 Å². The van der Waals surface area contributed by atoms with E-state index in [-0.39, 0.29) is 23.3 Å². The molecule has 2 N–H and O–H groups in total. The van der Waals surface area contributed by atoms with Gasteiger partial charge in [0.15, 0.2) is 0 Å². The first-order valence-electron chi connectivity index (χ1n) is 8.94. The highest BCUT2D eigenvalue weighted by Crippen LogP contribution is 2.45. The SMILES string of the molecule is Cc1nnc(C2c3n[nH]c(=O)c4cccc(c34)NC2c2ccc(F)cc2)n1C. The van der Waals surface area contributed by atoms with Gasteiger partial charge in [0.1, 0.15) is 17.5 Å². The average molecular weight is 376 g/mol. The Hall–Kier alpha value is -3.55. The summed E-state index contributed by atoms with van der Waals surface area (Å²) in [5, 5.41) is 20.4. The molecule has 0 aliphatic carbocycles. The van der Waals surface area contributed by atoms with Crippen molar-refractivity contribution in [1.82, 2.24) is 25.0 Å². The predicted octanol–water partition coefficient (Wildman–Crippen LogP) is 2.80. The molecule has 2 aromatic heterocycles. The van der Waals surface area contributed by atoms with E-state index in [1.54, 1.807) is 18.2 Å². The lowest BCUT2D eigenvalue weighted by molar-refractivity contribution is 0.577. The zero-order valence-electron chi connectivity index (χ0n) is 15.3. The number of nitrogens with zero attached hydrogens (tertiary/aromatic N) is 4. The molecule has 8 heteroatoms. The summed E-state index contributed by atoms with van der Waals surface area (Å²) in [5.74, 6) is 0.878. The maximum atomic E-state index is 13.5. The van der Waals surface area contributed by atoms with Crippen LogP contribution in [0.2, 0.25) is 0 Å². The van der Waals surface area contributed by atoms with Gasteiger partial charge in [0, 0.05) is 18.1 Å². The minimum Gasteiger partial charge on any atom is -0.377 e. The number of aromatic amines is 1. The van der Waals surface area contributed by atoms with Crippen LogP contribution in [-0.2, 0) is 7.05 Å². The Kier molecular flexibility index (Phi) is 3.55. The molecule has 140 valence electrons. The lowest BCUT2D eigenvalue weighted by atomic mass is 9.83. The molecule has 4 aromatic rings. The zero-order valence-corrected chi connectivity index (χ0v) is 15.3. The molecule has 0 saturated heterocycles. The van der Waals surface area contributed by atoms with Crippen molar-refractivity contribution in [2.24, 2.45) is 7.05 Å². The van der Waals surface area contributed by atoms with Gasteiger partial charge >= 0.3 is 0 Å². The molecular formula is C20H17FN6O. The number of hydrogen-bond acceptors (Lipinski definition) is 5. The van der Waals surface area contributed by atoms with Gasteiger partial charge in [0.05, 0.1) is 23.0 Å². The van der Waals surface area contributed by atoms with E-state index in [4.69, 9.17) is 0 Å². The summed E-state index contributed by atoms with van der Waals surface area (Å²) in [6, 6.07) is 11.7. The number of H-pyrrole nitrogens is 1. The summed E-state index contributed by atoms with van der Waals surface area (Å²) in [5.41, 5.74) is 2.18. The van der Waals surface area contributed by atoms with Crippen LogP contribution in [0.1, 0.15) is 34.9 Å². The van der Waals surface area contributed by atoms with Crippen molar-refractivity contribution in [3.05, 3.63) is 81.5 Å². The molecule has 0 saturated carbocycles. The molecular weight excluding hydrogens is 359 g/mol. The number of aromatic nitrogens is 5. The molecule has 0 bridgehead atoms. The van der Waals surface area contributed by atoms with Crippen LogP contribution in [0.5, 0.6) is 0 Å². The van der Waals surface area contributed by atoms with Gasteiger partial charge in [-0.3, -0.25) is 4.79 Å². The number of aryl methyl sites for hydroxylation is 1. The topological polar surface area (TPSA) is 88.5 Å². The Morgan fingerprint density at radius 2 is 1.89 bits per heavy atom. The summed E-state index contributed by atoms with van der Waals surface area (Å²) in [6.07, 6.45) is 0. The Bertz CT molecular complexity index is 1260. The van der Waals surface area contributed by atoms with Gasteiger partial charge in [-0.25, -0.2) is 9.49 Å². The van der Waals surface area contributed by atoms with Crippen LogP contribution in [0.15, 0.2) is 47.3 Å². The minimum absolute atomic E-state index is 0.240. The van der Waals surface area contributed by atoms with Crippen LogP contribution in [0.4, 0.5) is 10.1 Å². The Labute approximate surface area is 159 Å². The van der Waals surface area contributed by atoms with E-state index in [9.17, 15) is 9.18 Å². The molecule has 0 fully saturated rings. The first-order valence-corrected chi connectivity index (χ1v) is 8.94. The molecule has 0 spiro atoms. The predicted molar refractivity (Wildman–Crippen MR) is 103 cm³/mol. The maximum Gasteiger partial charge on any atom is 0.272 e. The largest absolute Gasteiger partial charge is 0.377 e. The van der Waals surface area contributed by atoms with E-state index in [1.165, 1.54) is 12.1 Å². The van der Waals surface area contributed by atoms with E-state index in [1.807, 2.05) is 30.7 Å². The van der Waals surface area contributed by atoms with Crippen LogP contribution in [0, 0.1) is 12.7 Å². The molecule has 0 amide bonds. The van der Waals surface area contributed by atoms with Crippen molar-refractivity contribution in [1.29, 1.82) is 0 Å². The van der Waals surface area contributed by atoms with Gasteiger partial charge in [-0.2, -0.15) is 5.10 Å². The fourth-order valence-corrected chi connectivity index (χ4v) is 3.91. The van der Waals surface area contributed by atoms with Crippen LogP contribution in [-0.4, -0.2) is 25.0 Å². The second kappa shape index (κ2) is 5.98.